The van der Waals surface area contributed by atoms with Crippen molar-refractivity contribution in [1.29, 1.82) is 0 Å². The van der Waals surface area contributed by atoms with Gasteiger partial charge in [0.2, 0.25) is 5.88 Å². The van der Waals surface area contributed by atoms with E-state index in [1.807, 2.05) is 17.5 Å². The highest BCUT2D eigenvalue weighted by Gasteiger charge is 1.99. The van der Waals surface area contributed by atoms with E-state index in [2.05, 4.69) is 24.9 Å². The zero-order valence-corrected chi connectivity index (χ0v) is 8.97. The van der Waals surface area contributed by atoms with Crippen molar-refractivity contribution in [3.63, 3.8) is 0 Å². The van der Waals surface area contributed by atoms with Crippen molar-refractivity contribution in [3.8, 4) is 11.6 Å². The monoisotopic (exact) mass is 205 g/mol. The Labute approximate surface area is 87.2 Å². The van der Waals surface area contributed by atoms with Gasteiger partial charge in [0, 0.05) is 0 Å². The van der Waals surface area contributed by atoms with E-state index < -0.39 is 0 Å². The minimum absolute atomic E-state index is 0.667. The van der Waals surface area contributed by atoms with Gasteiger partial charge in [0.05, 0.1) is 10.9 Å². The maximum absolute atomic E-state index is 5.58. The predicted molar refractivity (Wildman–Crippen MR) is 58.1 cm³/mol. The third-order valence-electron chi connectivity index (χ3n) is 1.83. The standard InChI is InChI=1S/C11H11NOS/c1-8-3-9(2)5-10(4-8)13-11-6-14-7-12-11/h3-7H,1-2H3. The van der Waals surface area contributed by atoms with Gasteiger partial charge in [-0.15, -0.1) is 11.3 Å². The minimum Gasteiger partial charge on any atom is -0.438 e. The number of benzene rings is 1. The molecule has 0 saturated carbocycles. The van der Waals surface area contributed by atoms with Crippen molar-refractivity contribution in [2.75, 3.05) is 0 Å². The lowest BCUT2D eigenvalue weighted by Gasteiger charge is -2.04. The summed E-state index contributed by atoms with van der Waals surface area (Å²) in [6.45, 7) is 4.11. The van der Waals surface area contributed by atoms with Gasteiger partial charge in [-0.1, -0.05) is 6.07 Å². The molecule has 0 unspecified atom stereocenters. The van der Waals surface area contributed by atoms with Crippen LogP contribution in [-0.4, -0.2) is 4.98 Å². The molecule has 0 radical (unpaired) electrons. The Kier molecular flexibility index (Phi) is 2.50. The van der Waals surface area contributed by atoms with Crippen molar-refractivity contribution in [2.24, 2.45) is 0 Å². The van der Waals surface area contributed by atoms with Crippen LogP contribution in [0, 0.1) is 13.8 Å². The molecule has 0 spiro atoms. The first-order valence-electron chi connectivity index (χ1n) is 4.38. The van der Waals surface area contributed by atoms with E-state index in [9.17, 15) is 0 Å². The van der Waals surface area contributed by atoms with Gasteiger partial charge in [0.15, 0.2) is 0 Å². The molecule has 0 bridgehead atoms. The quantitative estimate of drug-likeness (QED) is 0.748. The summed E-state index contributed by atoms with van der Waals surface area (Å²) in [4.78, 5) is 4.07. The minimum atomic E-state index is 0.667. The van der Waals surface area contributed by atoms with Crippen LogP contribution in [0.1, 0.15) is 11.1 Å². The molecule has 14 heavy (non-hydrogen) atoms. The van der Waals surface area contributed by atoms with Crippen LogP contribution in [0.15, 0.2) is 29.1 Å². The lowest BCUT2D eigenvalue weighted by Crippen LogP contribution is -1.86. The fourth-order valence-electron chi connectivity index (χ4n) is 1.36. The number of aryl methyl sites for hydroxylation is 2. The summed E-state index contributed by atoms with van der Waals surface area (Å²) >= 11 is 1.53. The zero-order chi connectivity index (χ0) is 9.97. The maximum atomic E-state index is 5.58. The van der Waals surface area contributed by atoms with Gasteiger partial charge in [-0.25, -0.2) is 4.98 Å². The summed E-state index contributed by atoms with van der Waals surface area (Å²) in [5.41, 5.74) is 4.17. The van der Waals surface area contributed by atoms with Crippen molar-refractivity contribution in [3.05, 3.63) is 40.2 Å². The van der Waals surface area contributed by atoms with Crippen LogP contribution in [0.3, 0.4) is 0 Å². The van der Waals surface area contributed by atoms with E-state index in [1.165, 1.54) is 22.5 Å². The molecular formula is C11H11NOS. The molecule has 0 aliphatic carbocycles. The zero-order valence-electron chi connectivity index (χ0n) is 8.15. The first-order chi connectivity index (χ1) is 6.74. The summed E-state index contributed by atoms with van der Waals surface area (Å²) in [5.74, 6) is 1.52. The number of aromatic nitrogens is 1. The van der Waals surface area contributed by atoms with E-state index in [0.29, 0.717) is 5.88 Å². The van der Waals surface area contributed by atoms with E-state index in [0.717, 1.165) is 5.75 Å². The molecule has 0 atom stereocenters. The lowest BCUT2D eigenvalue weighted by atomic mass is 10.1. The second-order valence-electron chi connectivity index (χ2n) is 3.25. The predicted octanol–water partition coefficient (Wildman–Crippen LogP) is 3.55. The van der Waals surface area contributed by atoms with Gasteiger partial charge in [0.1, 0.15) is 5.75 Å². The average Bonchev–Trinajstić information content (AvgIpc) is 2.54. The summed E-state index contributed by atoms with van der Waals surface area (Å²) in [5, 5.41) is 1.89. The van der Waals surface area contributed by atoms with Crippen LogP contribution in [0.25, 0.3) is 0 Å². The molecule has 1 heterocycles. The highest BCUT2D eigenvalue weighted by Crippen LogP contribution is 2.23. The summed E-state index contributed by atoms with van der Waals surface area (Å²) in [6, 6.07) is 6.13. The van der Waals surface area contributed by atoms with Crippen LogP contribution in [0.2, 0.25) is 0 Å². The van der Waals surface area contributed by atoms with Crippen molar-refractivity contribution < 1.29 is 4.74 Å². The number of ether oxygens (including phenoxy) is 1. The fraction of sp³-hybridized carbons (Fsp3) is 0.182. The first-order valence-corrected chi connectivity index (χ1v) is 5.32. The van der Waals surface area contributed by atoms with Gasteiger partial charge in [0.25, 0.3) is 0 Å². The fourth-order valence-corrected chi connectivity index (χ4v) is 1.82. The van der Waals surface area contributed by atoms with E-state index in [4.69, 9.17) is 4.74 Å². The van der Waals surface area contributed by atoms with Crippen LogP contribution >= 0.6 is 11.3 Å². The molecule has 0 saturated heterocycles. The van der Waals surface area contributed by atoms with Crippen molar-refractivity contribution in [1.82, 2.24) is 4.98 Å². The molecule has 1 aromatic carbocycles. The largest absolute Gasteiger partial charge is 0.438 e. The molecule has 2 nitrogen and oxygen atoms in total. The van der Waals surface area contributed by atoms with Gasteiger partial charge < -0.3 is 4.74 Å². The second kappa shape index (κ2) is 3.80. The van der Waals surface area contributed by atoms with Gasteiger partial charge in [-0.2, -0.15) is 0 Å². The molecule has 3 heteroatoms. The Bertz CT molecular complexity index is 403. The summed E-state index contributed by atoms with van der Waals surface area (Å²) < 4.78 is 5.58. The highest BCUT2D eigenvalue weighted by atomic mass is 32.1. The van der Waals surface area contributed by atoms with Crippen LogP contribution in [-0.2, 0) is 0 Å². The molecule has 0 N–H and O–H groups in total. The summed E-state index contributed by atoms with van der Waals surface area (Å²) in [7, 11) is 0. The van der Waals surface area contributed by atoms with Crippen molar-refractivity contribution in [2.45, 2.75) is 13.8 Å². The van der Waals surface area contributed by atoms with Crippen LogP contribution in [0.5, 0.6) is 11.6 Å². The number of hydrogen-bond donors (Lipinski definition) is 0. The lowest BCUT2D eigenvalue weighted by molar-refractivity contribution is 0.466. The second-order valence-corrected chi connectivity index (χ2v) is 3.97. The highest BCUT2D eigenvalue weighted by molar-refractivity contribution is 7.07. The third-order valence-corrected chi connectivity index (χ3v) is 2.39. The maximum Gasteiger partial charge on any atom is 0.230 e. The Hall–Kier alpha value is -1.35. The number of rotatable bonds is 2. The molecular weight excluding hydrogens is 194 g/mol. The Morgan fingerprint density at radius 3 is 2.43 bits per heavy atom. The van der Waals surface area contributed by atoms with Crippen LogP contribution in [0.4, 0.5) is 0 Å². The molecule has 0 amide bonds. The molecule has 72 valence electrons. The van der Waals surface area contributed by atoms with Crippen LogP contribution < -0.4 is 4.74 Å². The van der Waals surface area contributed by atoms with E-state index in [1.54, 1.807) is 5.51 Å². The smallest absolute Gasteiger partial charge is 0.230 e. The average molecular weight is 205 g/mol. The normalized spacial score (nSPS) is 10.1. The molecule has 0 aliphatic heterocycles. The summed E-state index contributed by atoms with van der Waals surface area (Å²) in [6.07, 6.45) is 0. The SMILES string of the molecule is Cc1cc(C)cc(Oc2cscn2)c1. The molecule has 1 aromatic heterocycles. The molecule has 0 aliphatic rings. The molecule has 0 fully saturated rings. The number of thiazole rings is 1. The van der Waals surface area contributed by atoms with E-state index >= 15 is 0 Å². The van der Waals surface area contributed by atoms with Crippen molar-refractivity contribution >= 4 is 11.3 Å². The first kappa shape index (κ1) is 9.21. The van der Waals surface area contributed by atoms with Gasteiger partial charge in [-0.05, 0) is 37.1 Å². The van der Waals surface area contributed by atoms with Gasteiger partial charge in [-0.3, -0.25) is 0 Å². The molecule has 2 rings (SSSR count). The van der Waals surface area contributed by atoms with E-state index in [-0.39, 0.29) is 0 Å². The number of hydrogen-bond acceptors (Lipinski definition) is 3. The van der Waals surface area contributed by atoms with Gasteiger partial charge >= 0.3 is 0 Å². The Morgan fingerprint density at radius 1 is 1.14 bits per heavy atom. The Morgan fingerprint density at radius 2 is 1.86 bits per heavy atom. The third kappa shape index (κ3) is 2.12. The number of nitrogens with zero attached hydrogens (tertiary/aromatic N) is 1. The Balaban J connectivity index is 2.25. The topological polar surface area (TPSA) is 22.1 Å². The molecule has 2 aromatic rings.